The van der Waals surface area contributed by atoms with Crippen molar-refractivity contribution >= 4 is 23.4 Å². The molecule has 166 valence electrons. The van der Waals surface area contributed by atoms with Crippen LogP contribution in [0, 0.1) is 0 Å². The van der Waals surface area contributed by atoms with E-state index in [-0.39, 0.29) is 0 Å². The van der Waals surface area contributed by atoms with Crippen molar-refractivity contribution in [3.8, 4) is 5.69 Å². The molecular weight excluding hydrogens is 420 g/mol. The monoisotopic (exact) mass is 448 g/mol. The Morgan fingerprint density at radius 3 is 2.88 bits per heavy atom. The average molecular weight is 449 g/mol. The average Bonchev–Trinajstić information content (AvgIpc) is 3.49. The van der Waals surface area contributed by atoms with Gasteiger partial charge in [-0.05, 0) is 43.0 Å². The van der Waals surface area contributed by atoms with Gasteiger partial charge in [0.2, 0.25) is 5.95 Å². The van der Waals surface area contributed by atoms with Gasteiger partial charge in [-0.15, -0.1) is 0 Å². The van der Waals surface area contributed by atoms with E-state index in [1.807, 2.05) is 39.8 Å². The number of para-hydroxylation sites is 1. The molecule has 1 fully saturated rings. The summed E-state index contributed by atoms with van der Waals surface area (Å²) in [6.45, 7) is 7.04. The predicted octanol–water partition coefficient (Wildman–Crippen LogP) is 3.89. The number of thioether (sulfide) groups is 1. The molecule has 1 atom stereocenters. The Balaban J connectivity index is 1.46. The van der Waals surface area contributed by atoms with Crippen LogP contribution < -0.4 is 10.6 Å². The first kappa shape index (κ1) is 21.0. The molecule has 0 unspecified atom stereocenters. The smallest absolute Gasteiger partial charge is 0.228 e. The van der Waals surface area contributed by atoms with Crippen LogP contribution in [-0.4, -0.2) is 47.7 Å². The summed E-state index contributed by atoms with van der Waals surface area (Å²) in [6.07, 6.45) is 8.03. The van der Waals surface area contributed by atoms with Crippen molar-refractivity contribution in [2.24, 2.45) is 0 Å². The summed E-state index contributed by atoms with van der Waals surface area (Å²) in [4.78, 5) is 9.76. The van der Waals surface area contributed by atoms with E-state index in [1.165, 1.54) is 12.8 Å². The number of aromatic nitrogens is 6. The van der Waals surface area contributed by atoms with Gasteiger partial charge in [0.15, 0.2) is 10.8 Å². The Bertz CT molecular complexity index is 1180. The van der Waals surface area contributed by atoms with Crippen LogP contribution in [0.4, 0.5) is 5.95 Å². The van der Waals surface area contributed by atoms with Gasteiger partial charge in [-0.3, -0.25) is 0 Å². The third-order valence-corrected chi connectivity index (χ3v) is 6.83. The van der Waals surface area contributed by atoms with Crippen LogP contribution in [0.1, 0.15) is 43.7 Å². The summed E-state index contributed by atoms with van der Waals surface area (Å²) < 4.78 is 3.71. The van der Waals surface area contributed by atoms with E-state index >= 15 is 0 Å². The second-order valence-corrected chi connectivity index (χ2v) is 9.61. The Morgan fingerprint density at radius 1 is 1.19 bits per heavy atom. The number of hydrogen-bond acceptors (Lipinski definition) is 7. The minimum Gasteiger partial charge on any atom is -0.350 e. The summed E-state index contributed by atoms with van der Waals surface area (Å²) in [5, 5.41) is 17.3. The zero-order chi connectivity index (χ0) is 21.9. The van der Waals surface area contributed by atoms with Crippen molar-refractivity contribution < 1.29 is 0 Å². The molecule has 4 aromatic rings. The molecule has 0 amide bonds. The third-order valence-electron chi connectivity index (χ3n) is 5.70. The number of fused-ring (bicyclic) bond motifs is 1. The lowest BCUT2D eigenvalue weighted by Gasteiger charge is -2.21. The summed E-state index contributed by atoms with van der Waals surface area (Å²) in [5.41, 5.74) is 4.19. The van der Waals surface area contributed by atoms with Gasteiger partial charge in [0.25, 0.3) is 0 Å². The van der Waals surface area contributed by atoms with Crippen LogP contribution in [0.15, 0.2) is 54.1 Å². The van der Waals surface area contributed by atoms with Crippen molar-refractivity contribution in [2.45, 2.75) is 49.6 Å². The maximum absolute atomic E-state index is 4.89. The number of piperidine rings is 1. The molecule has 0 spiro atoms. The van der Waals surface area contributed by atoms with E-state index < -0.39 is 0 Å². The second-order valence-electron chi connectivity index (χ2n) is 8.34. The lowest BCUT2D eigenvalue weighted by atomic mass is 10.1. The Kier molecular flexibility index (Phi) is 6.09. The fourth-order valence-corrected chi connectivity index (χ4v) is 5.05. The van der Waals surface area contributed by atoms with Crippen LogP contribution in [0.2, 0.25) is 0 Å². The largest absolute Gasteiger partial charge is 0.350 e. The summed E-state index contributed by atoms with van der Waals surface area (Å²) in [6, 6.07) is 10.2. The van der Waals surface area contributed by atoms with E-state index in [9.17, 15) is 0 Å². The van der Waals surface area contributed by atoms with Crippen LogP contribution in [0.5, 0.6) is 0 Å². The zero-order valence-electron chi connectivity index (χ0n) is 18.4. The van der Waals surface area contributed by atoms with Crippen molar-refractivity contribution in [3.05, 3.63) is 60.0 Å². The van der Waals surface area contributed by atoms with Crippen molar-refractivity contribution in [1.29, 1.82) is 0 Å². The molecule has 2 N–H and O–H groups in total. The van der Waals surface area contributed by atoms with Crippen LogP contribution in [-0.2, 0) is 6.54 Å². The van der Waals surface area contributed by atoms with Crippen molar-refractivity contribution in [1.82, 2.24) is 34.7 Å². The molecule has 5 rings (SSSR count). The highest BCUT2D eigenvalue weighted by Gasteiger charge is 2.20. The molecule has 3 aromatic heterocycles. The van der Waals surface area contributed by atoms with Crippen LogP contribution >= 0.6 is 11.8 Å². The highest BCUT2D eigenvalue weighted by Crippen LogP contribution is 2.28. The van der Waals surface area contributed by atoms with Gasteiger partial charge in [0.1, 0.15) is 0 Å². The molecule has 0 bridgehead atoms. The Hall–Kier alpha value is -2.91. The standard InChI is InChI=1S/C23H28N8S/c1-16(2)19-15-27-31-21(19)28-23(32-18-8-5-10-24-14-18)29-22(31)25-13-17-7-3-4-9-20(17)30-12-6-11-26-30/h3-4,6-7,9,11-12,15-16,18,24H,5,8,10,13-14H2,1-2H3,(H,25,28,29)/t18-/m1/s1. The SMILES string of the molecule is CC(C)c1cnn2c(NCc3ccccc3-n3cccn3)nc(S[C@@H]3CCCNC3)nc12. The topological polar surface area (TPSA) is 85.0 Å². The molecule has 8 nitrogen and oxygen atoms in total. The highest BCUT2D eigenvalue weighted by molar-refractivity contribution is 7.99. The van der Waals surface area contributed by atoms with E-state index in [0.717, 1.165) is 40.7 Å². The van der Waals surface area contributed by atoms with Crippen molar-refractivity contribution in [3.63, 3.8) is 0 Å². The molecule has 1 saturated heterocycles. The summed E-state index contributed by atoms with van der Waals surface area (Å²) in [7, 11) is 0. The van der Waals surface area contributed by atoms with Gasteiger partial charge in [-0.25, -0.2) is 9.67 Å². The Morgan fingerprint density at radius 2 is 2.09 bits per heavy atom. The minimum atomic E-state index is 0.338. The Labute approximate surface area is 191 Å². The number of nitrogens with one attached hydrogen (secondary N) is 2. The molecule has 9 heteroatoms. The number of rotatable bonds is 7. The van der Waals surface area contributed by atoms with E-state index in [0.29, 0.717) is 23.7 Å². The molecule has 1 aromatic carbocycles. The molecule has 0 radical (unpaired) electrons. The second kappa shape index (κ2) is 9.30. The third kappa shape index (κ3) is 4.35. The van der Waals surface area contributed by atoms with Gasteiger partial charge >= 0.3 is 0 Å². The van der Waals surface area contributed by atoms with Gasteiger partial charge in [0.05, 0.1) is 11.9 Å². The lowest BCUT2D eigenvalue weighted by molar-refractivity contribution is 0.530. The van der Waals surface area contributed by atoms with E-state index in [4.69, 9.17) is 9.97 Å². The number of benzene rings is 1. The molecule has 1 aliphatic rings. The first-order valence-corrected chi connectivity index (χ1v) is 12.0. The molecule has 0 aliphatic carbocycles. The maximum Gasteiger partial charge on any atom is 0.228 e. The highest BCUT2D eigenvalue weighted by atomic mass is 32.2. The number of hydrogen-bond donors (Lipinski definition) is 2. The van der Waals surface area contributed by atoms with Crippen LogP contribution in [0.3, 0.4) is 0 Å². The fourth-order valence-electron chi connectivity index (χ4n) is 3.99. The zero-order valence-corrected chi connectivity index (χ0v) is 19.2. The van der Waals surface area contributed by atoms with Crippen LogP contribution in [0.25, 0.3) is 11.3 Å². The molecular formula is C23H28N8S. The summed E-state index contributed by atoms with van der Waals surface area (Å²) in [5.74, 6) is 1.05. The predicted molar refractivity (Wildman–Crippen MR) is 128 cm³/mol. The van der Waals surface area contributed by atoms with Crippen molar-refractivity contribution in [2.75, 3.05) is 18.4 Å². The van der Waals surface area contributed by atoms with E-state index in [2.05, 4.69) is 46.8 Å². The first-order chi connectivity index (χ1) is 15.7. The molecule has 1 aliphatic heterocycles. The summed E-state index contributed by atoms with van der Waals surface area (Å²) >= 11 is 1.76. The lowest BCUT2D eigenvalue weighted by Crippen LogP contribution is -2.31. The minimum absolute atomic E-state index is 0.338. The molecule has 32 heavy (non-hydrogen) atoms. The van der Waals surface area contributed by atoms with Gasteiger partial charge in [-0.1, -0.05) is 43.8 Å². The quantitative estimate of drug-likeness (QED) is 0.444. The van der Waals surface area contributed by atoms with Gasteiger partial charge in [0, 0.05) is 36.3 Å². The van der Waals surface area contributed by atoms with Gasteiger partial charge < -0.3 is 10.6 Å². The van der Waals surface area contributed by atoms with Gasteiger partial charge in [-0.2, -0.15) is 19.7 Å². The molecule has 4 heterocycles. The normalized spacial score (nSPS) is 16.7. The first-order valence-electron chi connectivity index (χ1n) is 11.1. The molecule has 0 saturated carbocycles. The number of anilines is 1. The maximum atomic E-state index is 4.89. The number of nitrogens with zero attached hydrogens (tertiary/aromatic N) is 6. The van der Waals surface area contributed by atoms with E-state index in [1.54, 1.807) is 18.0 Å². The fraction of sp³-hybridized carbons (Fsp3) is 0.391.